The van der Waals surface area contributed by atoms with Crippen LogP contribution in [0.5, 0.6) is 0 Å². The van der Waals surface area contributed by atoms with Crippen LogP contribution in [-0.4, -0.2) is 46.1 Å². The van der Waals surface area contributed by atoms with E-state index in [4.69, 9.17) is 15.7 Å². The van der Waals surface area contributed by atoms with Crippen LogP contribution in [0.2, 0.25) is 0 Å². The molecule has 2 unspecified atom stereocenters. The number of anilines is 1. The summed E-state index contributed by atoms with van der Waals surface area (Å²) in [5.74, 6) is 0.960. The molecule has 0 bridgehead atoms. The zero-order chi connectivity index (χ0) is 14.2. The quantitative estimate of drug-likeness (QED) is 0.351. The molecular weight excluding hydrogens is 246 g/mol. The summed E-state index contributed by atoms with van der Waals surface area (Å²) in [5, 5.41) is 16.4. The largest absolute Gasteiger partial charge is 0.409 e. The Morgan fingerprint density at radius 3 is 2.53 bits per heavy atom. The number of aromatic nitrogens is 2. The normalized spacial score (nSPS) is 24.8. The molecule has 0 saturated carbocycles. The van der Waals surface area contributed by atoms with Gasteiger partial charge in [-0.25, -0.2) is 0 Å². The van der Waals surface area contributed by atoms with Crippen LogP contribution in [0.4, 0.5) is 5.82 Å². The fourth-order valence-electron chi connectivity index (χ4n) is 2.71. The van der Waals surface area contributed by atoms with Crippen LogP contribution in [0.15, 0.2) is 5.16 Å². The lowest BCUT2D eigenvalue weighted by Gasteiger charge is -2.37. The van der Waals surface area contributed by atoms with E-state index in [-0.39, 0.29) is 18.0 Å². The zero-order valence-electron chi connectivity index (χ0n) is 11.8. The van der Waals surface area contributed by atoms with Gasteiger partial charge in [-0.1, -0.05) is 5.16 Å². The lowest BCUT2D eigenvalue weighted by Crippen LogP contribution is -2.46. The van der Waals surface area contributed by atoms with Gasteiger partial charge in [-0.2, -0.15) is 5.10 Å². The number of nitrogens with two attached hydrogens (primary N) is 1. The van der Waals surface area contributed by atoms with Crippen LogP contribution in [0.25, 0.3) is 0 Å². The molecule has 0 radical (unpaired) electrons. The Morgan fingerprint density at radius 1 is 1.42 bits per heavy atom. The van der Waals surface area contributed by atoms with E-state index in [0.717, 1.165) is 24.6 Å². The van der Waals surface area contributed by atoms with Gasteiger partial charge in [-0.3, -0.25) is 4.68 Å². The SMILES string of the molecule is Cc1nn(C)c(N2CC(C)OC(C)C2)c1C(N)=NO. The highest BCUT2D eigenvalue weighted by Crippen LogP contribution is 2.26. The molecule has 106 valence electrons. The van der Waals surface area contributed by atoms with E-state index in [1.54, 1.807) is 4.68 Å². The summed E-state index contributed by atoms with van der Waals surface area (Å²) >= 11 is 0. The Labute approximate surface area is 112 Å². The minimum Gasteiger partial charge on any atom is -0.409 e. The number of nitrogens with zero attached hydrogens (tertiary/aromatic N) is 4. The summed E-state index contributed by atoms with van der Waals surface area (Å²) in [6.45, 7) is 7.44. The van der Waals surface area contributed by atoms with Gasteiger partial charge in [0.05, 0.1) is 23.5 Å². The van der Waals surface area contributed by atoms with Crippen molar-refractivity contribution in [3.05, 3.63) is 11.3 Å². The Bertz CT molecular complexity index is 487. The molecule has 1 aromatic heterocycles. The maximum Gasteiger partial charge on any atom is 0.175 e. The number of amidine groups is 1. The first-order valence-electron chi connectivity index (χ1n) is 6.36. The van der Waals surface area contributed by atoms with Crippen LogP contribution in [0, 0.1) is 6.92 Å². The number of morpholine rings is 1. The van der Waals surface area contributed by atoms with E-state index in [1.165, 1.54) is 0 Å². The first-order valence-corrected chi connectivity index (χ1v) is 6.36. The Hall–Kier alpha value is -1.76. The van der Waals surface area contributed by atoms with Crippen molar-refractivity contribution in [3.63, 3.8) is 0 Å². The molecule has 0 aromatic carbocycles. The van der Waals surface area contributed by atoms with Crippen LogP contribution >= 0.6 is 0 Å². The smallest absolute Gasteiger partial charge is 0.175 e. The number of hydrogen-bond acceptors (Lipinski definition) is 5. The third-order valence-electron chi connectivity index (χ3n) is 3.27. The molecule has 0 amide bonds. The number of ether oxygens (including phenoxy) is 1. The molecule has 2 rings (SSSR count). The molecule has 2 heterocycles. The van der Waals surface area contributed by atoms with Crippen molar-refractivity contribution < 1.29 is 9.94 Å². The van der Waals surface area contributed by atoms with Gasteiger partial charge >= 0.3 is 0 Å². The van der Waals surface area contributed by atoms with E-state index in [9.17, 15) is 0 Å². The monoisotopic (exact) mass is 267 g/mol. The van der Waals surface area contributed by atoms with Gasteiger partial charge < -0.3 is 20.6 Å². The van der Waals surface area contributed by atoms with Crippen molar-refractivity contribution in [1.29, 1.82) is 0 Å². The first-order chi connectivity index (χ1) is 8.93. The highest BCUT2D eigenvalue weighted by Gasteiger charge is 2.28. The van der Waals surface area contributed by atoms with Crippen molar-refractivity contribution in [2.45, 2.75) is 33.0 Å². The second-order valence-electron chi connectivity index (χ2n) is 5.06. The van der Waals surface area contributed by atoms with Gasteiger partial charge in [0.1, 0.15) is 5.82 Å². The first kappa shape index (κ1) is 13.7. The Kier molecular flexibility index (Phi) is 3.66. The van der Waals surface area contributed by atoms with Gasteiger partial charge in [0.2, 0.25) is 0 Å². The Balaban J connectivity index is 2.44. The fraction of sp³-hybridized carbons (Fsp3) is 0.667. The maximum absolute atomic E-state index is 8.93. The van der Waals surface area contributed by atoms with E-state index in [2.05, 4.69) is 15.2 Å². The minimum absolute atomic E-state index is 0.0902. The average molecular weight is 267 g/mol. The van der Waals surface area contributed by atoms with E-state index >= 15 is 0 Å². The topological polar surface area (TPSA) is 88.9 Å². The third kappa shape index (κ3) is 2.51. The van der Waals surface area contributed by atoms with Crippen LogP contribution in [0.1, 0.15) is 25.1 Å². The molecule has 7 heteroatoms. The van der Waals surface area contributed by atoms with Crippen molar-refractivity contribution in [2.75, 3.05) is 18.0 Å². The molecule has 1 fully saturated rings. The van der Waals surface area contributed by atoms with E-state index in [1.807, 2.05) is 27.8 Å². The number of hydrogen-bond donors (Lipinski definition) is 2. The standard InChI is InChI=1S/C12H21N5O2/c1-7-5-17(6-8(2)19-7)12-10(11(13)15-18)9(3)14-16(12)4/h7-8,18H,5-6H2,1-4H3,(H2,13,15). The van der Waals surface area contributed by atoms with Crippen molar-refractivity contribution in [3.8, 4) is 0 Å². The molecule has 1 aliphatic rings. The second-order valence-corrected chi connectivity index (χ2v) is 5.06. The molecule has 1 aliphatic heterocycles. The summed E-state index contributed by atoms with van der Waals surface area (Å²) in [7, 11) is 1.86. The molecule has 7 nitrogen and oxygen atoms in total. The Morgan fingerprint density at radius 2 is 2.00 bits per heavy atom. The third-order valence-corrected chi connectivity index (χ3v) is 3.27. The second kappa shape index (κ2) is 5.08. The summed E-state index contributed by atoms with van der Waals surface area (Å²) < 4.78 is 7.50. The number of aryl methyl sites for hydroxylation is 2. The van der Waals surface area contributed by atoms with Crippen molar-refractivity contribution >= 4 is 11.7 Å². The van der Waals surface area contributed by atoms with E-state index < -0.39 is 0 Å². The average Bonchev–Trinajstić information content (AvgIpc) is 2.62. The molecule has 3 N–H and O–H groups in total. The maximum atomic E-state index is 8.93. The molecule has 0 aliphatic carbocycles. The van der Waals surface area contributed by atoms with Crippen molar-refractivity contribution in [2.24, 2.45) is 17.9 Å². The molecule has 19 heavy (non-hydrogen) atoms. The molecule has 1 aromatic rings. The number of oxime groups is 1. The van der Waals surface area contributed by atoms with Gasteiger partial charge in [0.15, 0.2) is 5.84 Å². The molecule has 1 saturated heterocycles. The molecular formula is C12H21N5O2. The predicted molar refractivity (Wildman–Crippen MR) is 72.7 cm³/mol. The molecule has 0 spiro atoms. The summed E-state index contributed by atoms with van der Waals surface area (Å²) in [5.41, 5.74) is 7.21. The lowest BCUT2D eigenvalue weighted by atomic mass is 10.1. The van der Waals surface area contributed by atoms with Gasteiger partial charge in [0.25, 0.3) is 0 Å². The highest BCUT2D eigenvalue weighted by atomic mass is 16.5. The van der Waals surface area contributed by atoms with Crippen LogP contribution in [0.3, 0.4) is 0 Å². The lowest BCUT2D eigenvalue weighted by molar-refractivity contribution is -0.00565. The van der Waals surface area contributed by atoms with Crippen LogP contribution < -0.4 is 10.6 Å². The summed E-state index contributed by atoms with van der Waals surface area (Å²) in [4.78, 5) is 2.17. The zero-order valence-corrected chi connectivity index (χ0v) is 11.8. The van der Waals surface area contributed by atoms with Gasteiger partial charge in [0, 0.05) is 20.1 Å². The number of rotatable bonds is 2. The van der Waals surface area contributed by atoms with Gasteiger partial charge in [-0.05, 0) is 20.8 Å². The minimum atomic E-state index is 0.0902. The summed E-state index contributed by atoms with van der Waals surface area (Å²) in [6, 6.07) is 0. The van der Waals surface area contributed by atoms with E-state index in [0.29, 0.717) is 5.56 Å². The van der Waals surface area contributed by atoms with Crippen LogP contribution in [-0.2, 0) is 11.8 Å². The highest BCUT2D eigenvalue weighted by molar-refractivity contribution is 6.02. The van der Waals surface area contributed by atoms with Crippen molar-refractivity contribution in [1.82, 2.24) is 9.78 Å². The summed E-state index contributed by atoms with van der Waals surface area (Å²) in [6.07, 6.45) is 0.276. The van der Waals surface area contributed by atoms with Gasteiger partial charge in [-0.15, -0.1) is 0 Å². The predicted octanol–water partition coefficient (Wildman–Crippen LogP) is 0.437. The fourth-order valence-corrected chi connectivity index (χ4v) is 2.71. The molecule has 2 atom stereocenters.